The van der Waals surface area contributed by atoms with E-state index in [0.717, 1.165) is 92.9 Å². The number of nitrogens with zero attached hydrogens (tertiary/aromatic N) is 4. The molecule has 10 nitrogen and oxygen atoms in total. The van der Waals surface area contributed by atoms with Gasteiger partial charge in [-0.3, -0.25) is 10.1 Å². The number of nitrogens with one attached hydrogen (secondary N) is 2. The summed E-state index contributed by atoms with van der Waals surface area (Å²) >= 11 is 0. The standard InChI is InChI=1S/C81H90N6O4/c1-15-17-19-21-23-52-25-31-61(32-26-52)86(62-33-27-53(28-34-62)24-22-20-18-16-2)76-71-43-41-69(84-71)74(55-46-57(78(3,4)5)50-58(47-55)79(6,7)8)67-39-37-65(82-67)63(35-29-54-30-36-64(77(88)89)73(45-54)87(90)91)66-38-40-68(83-66)75(70-42-44-72(76)85-70)56-48-59(80(9,10)11)51-60(49-56)81(12,13)14/h25-28,30-34,36-51,82,85H,15-24H2,1-14H3,(H,88,89). The van der Waals surface area contributed by atoms with Gasteiger partial charge in [0.25, 0.3) is 5.69 Å². The lowest BCUT2D eigenvalue weighted by Crippen LogP contribution is -2.16. The summed E-state index contributed by atoms with van der Waals surface area (Å²) in [6.45, 7) is 31.6. The van der Waals surface area contributed by atoms with Crippen molar-refractivity contribution in [2.45, 2.75) is 183 Å². The van der Waals surface area contributed by atoms with Crippen LogP contribution in [0, 0.1) is 22.0 Å². The quantitative estimate of drug-likeness (QED) is 0.0357. The van der Waals surface area contributed by atoms with Crippen LogP contribution in [0.25, 0.3) is 68.6 Å². The lowest BCUT2D eigenvalue weighted by Gasteiger charge is -2.27. The summed E-state index contributed by atoms with van der Waals surface area (Å²) in [5.41, 5.74) is 19.2. The van der Waals surface area contributed by atoms with Crippen LogP contribution in [0.2, 0.25) is 0 Å². The van der Waals surface area contributed by atoms with Crippen molar-refractivity contribution in [2.24, 2.45) is 0 Å². The molecule has 0 fully saturated rings. The molecule has 8 aromatic rings. The van der Waals surface area contributed by atoms with Crippen molar-refractivity contribution in [3.63, 3.8) is 0 Å². The Kier molecular flexibility index (Phi) is 18.8. The maximum absolute atomic E-state index is 12.3. The number of carboxylic acids is 1. The molecule has 0 saturated heterocycles. The first-order chi connectivity index (χ1) is 43.2. The van der Waals surface area contributed by atoms with Gasteiger partial charge < -0.3 is 20.0 Å². The molecule has 10 rings (SSSR count). The molecular formula is C81H90N6O4. The average molecular weight is 1210 g/mol. The number of aromatic nitrogens is 4. The zero-order valence-corrected chi connectivity index (χ0v) is 56.0. The highest BCUT2D eigenvalue weighted by Crippen LogP contribution is 2.45. The number of aromatic amines is 2. The first-order valence-corrected chi connectivity index (χ1v) is 32.7. The Morgan fingerprint density at radius 3 is 1.35 bits per heavy atom. The third-order valence-electron chi connectivity index (χ3n) is 17.6. The molecule has 8 bridgehead atoms. The Hall–Kier alpha value is -9.07. The summed E-state index contributed by atoms with van der Waals surface area (Å²) in [4.78, 5) is 45.5. The van der Waals surface area contributed by atoms with Gasteiger partial charge in [-0.05, 0) is 177 Å². The van der Waals surface area contributed by atoms with Crippen molar-refractivity contribution in [3.8, 4) is 34.1 Å². The van der Waals surface area contributed by atoms with Crippen LogP contribution in [0.15, 0.2) is 127 Å². The Labute approximate surface area is 539 Å². The number of hydrogen-bond donors (Lipinski definition) is 3. The van der Waals surface area contributed by atoms with Gasteiger partial charge in [-0.15, -0.1) is 0 Å². The number of unbranched alkanes of at least 4 members (excludes halogenated alkanes) is 6. The predicted molar refractivity (Wildman–Crippen MR) is 381 cm³/mol. The van der Waals surface area contributed by atoms with Gasteiger partial charge in [-0.2, -0.15) is 0 Å². The van der Waals surface area contributed by atoms with Crippen LogP contribution < -0.4 is 4.90 Å². The lowest BCUT2D eigenvalue weighted by atomic mass is 9.78. The van der Waals surface area contributed by atoms with Crippen LogP contribution in [0.4, 0.5) is 22.7 Å². The maximum Gasteiger partial charge on any atom is 0.342 e. The number of carboxylic acid groups (broad SMARTS) is 1. The molecule has 5 heterocycles. The van der Waals surface area contributed by atoms with Crippen LogP contribution in [0.3, 0.4) is 0 Å². The van der Waals surface area contributed by atoms with E-state index in [2.05, 4.69) is 245 Å². The molecule has 3 N–H and O–H groups in total. The van der Waals surface area contributed by atoms with Crippen LogP contribution in [0.5, 0.6) is 0 Å². The maximum atomic E-state index is 12.3. The first kappa shape index (κ1) is 64.9. The second-order valence-corrected chi connectivity index (χ2v) is 28.9. The van der Waals surface area contributed by atoms with E-state index < -0.39 is 22.1 Å². The van der Waals surface area contributed by atoms with Crippen LogP contribution in [-0.4, -0.2) is 35.9 Å². The van der Waals surface area contributed by atoms with Crippen molar-refractivity contribution in [2.75, 3.05) is 4.90 Å². The second-order valence-electron chi connectivity index (χ2n) is 28.9. The number of hydrogen-bond acceptors (Lipinski definition) is 6. The van der Waals surface area contributed by atoms with Gasteiger partial charge in [0, 0.05) is 45.2 Å². The number of nitro benzene ring substituents is 1. The number of anilines is 3. The van der Waals surface area contributed by atoms with Crippen molar-refractivity contribution in [1.82, 2.24) is 19.9 Å². The number of aromatic carboxylic acids is 1. The smallest absolute Gasteiger partial charge is 0.342 e. The largest absolute Gasteiger partial charge is 0.477 e. The fourth-order valence-corrected chi connectivity index (χ4v) is 12.1. The minimum atomic E-state index is -1.39. The van der Waals surface area contributed by atoms with Gasteiger partial charge in [0.05, 0.1) is 50.0 Å². The van der Waals surface area contributed by atoms with E-state index in [-0.39, 0.29) is 27.2 Å². The minimum Gasteiger partial charge on any atom is -0.477 e. The normalized spacial score (nSPS) is 12.5. The zero-order valence-electron chi connectivity index (χ0n) is 56.0. The third-order valence-corrected chi connectivity index (χ3v) is 17.6. The number of H-pyrrole nitrogens is 2. The highest BCUT2D eigenvalue weighted by atomic mass is 16.6. The van der Waals surface area contributed by atoms with Gasteiger partial charge in [-0.25, -0.2) is 14.8 Å². The molecule has 10 heteroatoms. The van der Waals surface area contributed by atoms with Crippen LogP contribution in [-0.2, 0) is 34.5 Å². The molecule has 91 heavy (non-hydrogen) atoms. The van der Waals surface area contributed by atoms with E-state index in [1.807, 2.05) is 12.1 Å². The Bertz CT molecular complexity index is 4170. The van der Waals surface area contributed by atoms with Gasteiger partial charge >= 0.3 is 5.97 Å². The van der Waals surface area contributed by atoms with E-state index >= 15 is 0 Å². The highest BCUT2D eigenvalue weighted by Gasteiger charge is 2.28. The molecule has 0 aliphatic carbocycles. The molecule has 2 aliphatic rings. The predicted octanol–water partition coefficient (Wildman–Crippen LogP) is 21.9. The van der Waals surface area contributed by atoms with Gasteiger partial charge in [0.2, 0.25) is 0 Å². The fourth-order valence-electron chi connectivity index (χ4n) is 12.1. The van der Waals surface area contributed by atoms with Crippen molar-refractivity contribution >= 4 is 75.1 Å². The first-order valence-electron chi connectivity index (χ1n) is 32.7. The summed E-state index contributed by atoms with van der Waals surface area (Å²) < 4.78 is 0. The van der Waals surface area contributed by atoms with E-state index in [1.54, 1.807) is 0 Å². The topological polar surface area (TPSA) is 141 Å². The van der Waals surface area contributed by atoms with E-state index in [1.165, 1.54) is 90.1 Å². The zero-order chi connectivity index (χ0) is 65.2. The molecule has 0 saturated carbocycles. The summed E-state index contributed by atoms with van der Waals surface area (Å²) in [6.07, 6.45) is 20.0. The number of carbonyl (C=O) groups is 1. The molecule has 5 aromatic carbocycles. The molecule has 0 radical (unpaired) electrons. The van der Waals surface area contributed by atoms with E-state index in [4.69, 9.17) is 9.97 Å². The van der Waals surface area contributed by atoms with Crippen molar-refractivity contribution in [1.29, 1.82) is 0 Å². The molecule has 0 amide bonds. The number of fused-ring (bicyclic) bond motifs is 8. The molecule has 3 aromatic heterocycles. The van der Waals surface area contributed by atoms with Gasteiger partial charge in [0.15, 0.2) is 0 Å². The summed E-state index contributed by atoms with van der Waals surface area (Å²) in [6, 6.07) is 44.7. The number of rotatable bonds is 17. The monoisotopic (exact) mass is 1210 g/mol. The van der Waals surface area contributed by atoms with Gasteiger partial charge in [0.1, 0.15) is 5.56 Å². The van der Waals surface area contributed by atoms with E-state index in [0.29, 0.717) is 22.5 Å². The van der Waals surface area contributed by atoms with E-state index in [9.17, 15) is 20.0 Å². The minimum absolute atomic E-state index is 0.197. The number of aryl methyl sites for hydroxylation is 2. The fraction of sp³-hybridized carbons (Fsp3) is 0.346. The molecular weight excluding hydrogens is 1120 g/mol. The summed E-state index contributed by atoms with van der Waals surface area (Å²) in [5, 5.41) is 22.2. The summed E-state index contributed by atoms with van der Waals surface area (Å²) in [7, 11) is 0. The van der Waals surface area contributed by atoms with Crippen LogP contribution in [0.1, 0.15) is 226 Å². The Morgan fingerprint density at radius 1 is 0.495 bits per heavy atom. The third kappa shape index (κ3) is 14.7. The molecule has 0 unspecified atom stereocenters. The Balaban J connectivity index is 1.37. The molecule has 0 spiro atoms. The van der Waals surface area contributed by atoms with Gasteiger partial charge in [-0.1, -0.05) is 208 Å². The lowest BCUT2D eigenvalue weighted by molar-refractivity contribution is -0.385. The Morgan fingerprint density at radius 2 is 0.912 bits per heavy atom. The molecule has 468 valence electrons. The second kappa shape index (κ2) is 26.4. The highest BCUT2D eigenvalue weighted by molar-refractivity contribution is 6.00. The molecule has 2 aliphatic heterocycles. The number of benzene rings is 5. The average Bonchev–Trinajstić information content (AvgIpc) is 1.78. The molecule has 0 atom stereocenters. The van der Waals surface area contributed by atoms with Crippen LogP contribution >= 0.6 is 0 Å². The van der Waals surface area contributed by atoms with Crippen molar-refractivity contribution < 1.29 is 14.8 Å². The SMILES string of the molecule is CCCCCCc1ccc(N(c2ccc(CCCCCC)cc2)c2c3nc(c(-c4cc(C(C)(C)C)cc(C(C)(C)C)c4)c4ccc([nH]4)c(C#Cc4ccc(C(=O)O)c([N+](=O)[O-])c4)c4nc(c(-c5cc(C(C)(C)C)cc(C(C)(C)C)c5)c5ccc2[nH]5)C=C4)C=C3)cc1. The number of nitro groups is 1. The summed E-state index contributed by atoms with van der Waals surface area (Å²) in [5.74, 6) is 5.22. The van der Waals surface area contributed by atoms with Crippen molar-refractivity contribution in [3.05, 3.63) is 210 Å².